The summed E-state index contributed by atoms with van der Waals surface area (Å²) < 4.78 is 12.4. The van der Waals surface area contributed by atoms with E-state index in [1.54, 1.807) is 0 Å². The lowest BCUT2D eigenvalue weighted by Gasteiger charge is -2.16. The molecule has 0 bridgehead atoms. The molecular weight excluding hydrogens is 294 g/mol. The van der Waals surface area contributed by atoms with Crippen LogP contribution in [0, 0.1) is 0 Å². The van der Waals surface area contributed by atoms with Crippen molar-refractivity contribution < 1.29 is 9.47 Å². The van der Waals surface area contributed by atoms with Crippen LogP contribution in [0.15, 0.2) is 22.7 Å². The van der Waals surface area contributed by atoms with Gasteiger partial charge in [0.2, 0.25) is 0 Å². The maximum absolute atomic E-state index is 5.95. The van der Waals surface area contributed by atoms with E-state index >= 15 is 0 Å². The molecule has 2 N–H and O–H groups in total. The molecule has 4 heteroatoms. The van der Waals surface area contributed by atoms with Crippen LogP contribution in [-0.4, -0.2) is 19.3 Å². The van der Waals surface area contributed by atoms with Gasteiger partial charge < -0.3 is 15.2 Å². The predicted octanol–water partition coefficient (Wildman–Crippen LogP) is 3.42. The maximum atomic E-state index is 5.95. The third-order valence-electron chi connectivity index (χ3n) is 3.18. The summed E-state index contributed by atoms with van der Waals surface area (Å²) in [6, 6.07) is 5.94. The largest absolute Gasteiger partial charge is 0.493 e. The predicted molar refractivity (Wildman–Crippen MR) is 75.8 cm³/mol. The Labute approximate surface area is 117 Å². The molecule has 1 aromatic carbocycles. The smallest absolute Gasteiger partial charge is 0.124 e. The van der Waals surface area contributed by atoms with Gasteiger partial charge in [0, 0.05) is 29.1 Å². The van der Waals surface area contributed by atoms with E-state index in [0.717, 1.165) is 35.2 Å². The first-order valence-corrected chi connectivity index (χ1v) is 7.25. The molecule has 0 saturated carbocycles. The molecular formula is C14H20BrNO2. The Balaban J connectivity index is 1.91. The second-order valence-corrected chi connectivity index (χ2v) is 5.66. The molecule has 0 aliphatic carbocycles. The van der Waals surface area contributed by atoms with Gasteiger partial charge in [-0.05, 0) is 38.0 Å². The molecule has 1 heterocycles. The molecule has 0 spiro atoms. The van der Waals surface area contributed by atoms with Crippen LogP contribution in [0.2, 0.25) is 0 Å². The summed E-state index contributed by atoms with van der Waals surface area (Å²) in [6.07, 6.45) is 3.66. The fourth-order valence-corrected chi connectivity index (χ4v) is 2.56. The first-order valence-electron chi connectivity index (χ1n) is 6.46. The average molecular weight is 314 g/mol. The topological polar surface area (TPSA) is 44.5 Å². The molecule has 0 aromatic heterocycles. The van der Waals surface area contributed by atoms with Gasteiger partial charge in [-0.25, -0.2) is 0 Å². The SMILES string of the molecule is CC(N)c1cc(Br)ccc1OCCC1CCCO1. The standard InChI is InChI=1S/C14H20BrNO2/c1-10(16)13-9-11(15)4-5-14(13)18-8-6-12-3-2-7-17-12/h4-5,9-10,12H,2-3,6-8,16H2,1H3. The molecule has 2 atom stereocenters. The zero-order valence-corrected chi connectivity index (χ0v) is 12.3. The highest BCUT2D eigenvalue weighted by Gasteiger charge is 2.16. The number of nitrogens with two attached hydrogens (primary N) is 1. The average Bonchev–Trinajstić information content (AvgIpc) is 2.84. The lowest BCUT2D eigenvalue weighted by atomic mass is 10.1. The van der Waals surface area contributed by atoms with Gasteiger partial charge in [0.15, 0.2) is 0 Å². The van der Waals surface area contributed by atoms with Crippen molar-refractivity contribution in [3.05, 3.63) is 28.2 Å². The summed E-state index contributed by atoms with van der Waals surface area (Å²) in [5.74, 6) is 0.881. The Morgan fingerprint density at radius 3 is 3.06 bits per heavy atom. The Bertz CT molecular complexity index is 389. The van der Waals surface area contributed by atoms with Crippen molar-refractivity contribution in [2.45, 2.75) is 38.3 Å². The first kappa shape index (κ1) is 13.8. The van der Waals surface area contributed by atoms with Crippen molar-refractivity contribution in [3.63, 3.8) is 0 Å². The van der Waals surface area contributed by atoms with Crippen molar-refractivity contribution in [1.82, 2.24) is 0 Å². The van der Waals surface area contributed by atoms with Crippen LogP contribution in [0.5, 0.6) is 5.75 Å². The fourth-order valence-electron chi connectivity index (χ4n) is 2.18. The van der Waals surface area contributed by atoms with E-state index < -0.39 is 0 Å². The lowest BCUT2D eigenvalue weighted by Crippen LogP contribution is -2.13. The minimum atomic E-state index is -0.0276. The highest BCUT2D eigenvalue weighted by Crippen LogP contribution is 2.28. The van der Waals surface area contributed by atoms with Crippen molar-refractivity contribution in [2.24, 2.45) is 5.73 Å². The normalized spacial score (nSPS) is 20.9. The molecule has 100 valence electrons. The summed E-state index contributed by atoms with van der Waals surface area (Å²) in [6.45, 7) is 3.55. The number of rotatable bonds is 5. The van der Waals surface area contributed by atoms with E-state index in [-0.39, 0.29) is 6.04 Å². The van der Waals surface area contributed by atoms with Crippen LogP contribution >= 0.6 is 15.9 Å². The quantitative estimate of drug-likeness (QED) is 0.906. The molecule has 18 heavy (non-hydrogen) atoms. The molecule has 0 radical (unpaired) electrons. The molecule has 2 rings (SSSR count). The van der Waals surface area contributed by atoms with Crippen LogP contribution in [0.1, 0.15) is 37.8 Å². The van der Waals surface area contributed by atoms with Gasteiger partial charge in [-0.2, -0.15) is 0 Å². The first-order chi connectivity index (χ1) is 8.66. The molecule has 1 aromatic rings. The molecule has 1 aliphatic rings. The van der Waals surface area contributed by atoms with Crippen LogP contribution < -0.4 is 10.5 Å². The van der Waals surface area contributed by atoms with Gasteiger partial charge in [0.1, 0.15) is 5.75 Å². The molecule has 1 saturated heterocycles. The third kappa shape index (κ3) is 3.70. The van der Waals surface area contributed by atoms with Crippen LogP contribution in [0.25, 0.3) is 0 Å². The number of halogens is 1. The second-order valence-electron chi connectivity index (χ2n) is 4.74. The monoisotopic (exact) mass is 313 g/mol. The summed E-state index contributed by atoms with van der Waals surface area (Å²) >= 11 is 3.46. The molecule has 0 amide bonds. The van der Waals surface area contributed by atoms with Crippen LogP contribution in [0.3, 0.4) is 0 Å². The summed E-state index contributed by atoms with van der Waals surface area (Å²) in [5.41, 5.74) is 6.99. The van der Waals surface area contributed by atoms with Crippen molar-refractivity contribution in [1.29, 1.82) is 0 Å². The zero-order valence-electron chi connectivity index (χ0n) is 10.7. The zero-order chi connectivity index (χ0) is 13.0. The highest BCUT2D eigenvalue weighted by atomic mass is 79.9. The minimum Gasteiger partial charge on any atom is -0.493 e. The van der Waals surface area contributed by atoms with E-state index in [4.69, 9.17) is 15.2 Å². The van der Waals surface area contributed by atoms with Crippen molar-refractivity contribution in [2.75, 3.05) is 13.2 Å². The van der Waals surface area contributed by atoms with E-state index in [0.29, 0.717) is 12.7 Å². The minimum absolute atomic E-state index is 0.0276. The van der Waals surface area contributed by atoms with E-state index in [1.807, 2.05) is 25.1 Å². The number of hydrogen-bond acceptors (Lipinski definition) is 3. The summed E-state index contributed by atoms with van der Waals surface area (Å²) in [5, 5.41) is 0. The second kappa shape index (κ2) is 6.55. The Hall–Kier alpha value is -0.580. The summed E-state index contributed by atoms with van der Waals surface area (Å²) in [4.78, 5) is 0. The Kier molecular flexibility index (Phi) is 5.03. The van der Waals surface area contributed by atoms with Gasteiger partial charge in [-0.1, -0.05) is 15.9 Å². The maximum Gasteiger partial charge on any atom is 0.124 e. The molecule has 1 fully saturated rings. The van der Waals surface area contributed by atoms with Gasteiger partial charge in [-0.3, -0.25) is 0 Å². The van der Waals surface area contributed by atoms with Crippen molar-refractivity contribution in [3.8, 4) is 5.75 Å². The fraction of sp³-hybridized carbons (Fsp3) is 0.571. The number of benzene rings is 1. The van der Waals surface area contributed by atoms with E-state index in [2.05, 4.69) is 15.9 Å². The summed E-state index contributed by atoms with van der Waals surface area (Å²) in [7, 11) is 0. The van der Waals surface area contributed by atoms with Crippen molar-refractivity contribution >= 4 is 15.9 Å². The van der Waals surface area contributed by atoms with E-state index in [9.17, 15) is 0 Å². The Morgan fingerprint density at radius 2 is 2.39 bits per heavy atom. The lowest BCUT2D eigenvalue weighted by molar-refractivity contribution is 0.0902. The highest BCUT2D eigenvalue weighted by molar-refractivity contribution is 9.10. The van der Waals surface area contributed by atoms with Gasteiger partial charge in [0.05, 0.1) is 12.7 Å². The molecule has 1 aliphatic heterocycles. The number of ether oxygens (including phenoxy) is 2. The van der Waals surface area contributed by atoms with Crippen LogP contribution in [0.4, 0.5) is 0 Å². The van der Waals surface area contributed by atoms with Gasteiger partial charge in [-0.15, -0.1) is 0 Å². The van der Waals surface area contributed by atoms with E-state index in [1.165, 1.54) is 6.42 Å². The van der Waals surface area contributed by atoms with Crippen LogP contribution in [-0.2, 0) is 4.74 Å². The number of hydrogen-bond donors (Lipinski definition) is 1. The molecule has 2 unspecified atom stereocenters. The molecule has 3 nitrogen and oxygen atoms in total. The van der Waals surface area contributed by atoms with Gasteiger partial charge in [0.25, 0.3) is 0 Å². The Morgan fingerprint density at radius 1 is 1.56 bits per heavy atom. The third-order valence-corrected chi connectivity index (χ3v) is 3.68. The van der Waals surface area contributed by atoms with Gasteiger partial charge >= 0.3 is 0 Å².